The number of aliphatic hydroxyl groups is 1. The van der Waals surface area contributed by atoms with Crippen molar-refractivity contribution in [3.05, 3.63) is 0 Å². The number of hydrogen-bond donors (Lipinski definition) is 3. The van der Waals surface area contributed by atoms with Crippen molar-refractivity contribution in [2.75, 3.05) is 13.3 Å². The molecule has 0 aliphatic heterocycles. The number of carboxylic acid groups (broad SMARTS) is 1. The van der Waals surface area contributed by atoms with Gasteiger partial charge in [0.1, 0.15) is 0 Å². The fourth-order valence-electron chi connectivity index (χ4n) is 0.163. The van der Waals surface area contributed by atoms with E-state index in [1.807, 2.05) is 0 Å². The maximum atomic E-state index is 9.58. The fraction of sp³-hybridized carbons (Fsp3) is 0.667. The summed E-state index contributed by atoms with van der Waals surface area (Å²) in [6, 6.07) is 0. The summed E-state index contributed by atoms with van der Waals surface area (Å²) in [5, 5.41) is 18.0. The van der Waals surface area contributed by atoms with Gasteiger partial charge in [0.25, 0.3) is 0 Å². The summed E-state index contributed by atoms with van der Waals surface area (Å²) in [5.41, 5.74) is 0. The van der Waals surface area contributed by atoms with Crippen molar-refractivity contribution in [3.63, 3.8) is 0 Å². The maximum Gasteiger partial charge on any atom is 0.317 e. The summed E-state index contributed by atoms with van der Waals surface area (Å²) in [4.78, 5) is 9.58. The fourth-order valence-corrected chi connectivity index (χ4v) is 0.163. The predicted octanol–water partition coefficient (Wildman–Crippen LogP) is -1.77. The van der Waals surface area contributed by atoms with E-state index < -0.39 is 5.97 Å². The monoisotopic (exact) mass is 128 g/mol. The number of aliphatic carboxylic acids is 1. The van der Waals surface area contributed by atoms with E-state index in [-0.39, 0.29) is 42.8 Å². The van der Waals surface area contributed by atoms with Crippen LogP contribution >= 0.6 is 0 Å². The molecule has 0 aromatic carbocycles. The summed E-state index contributed by atoms with van der Waals surface area (Å²) < 4.78 is 0. The van der Waals surface area contributed by atoms with Gasteiger partial charge in [0.2, 0.25) is 0 Å². The van der Waals surface area contributed by atoms with Crippen LogP contribution in [-0.2, 0) is 4.79 Å². The van der Waals surface area contributed by atoms with Gasteiger partial charge < -0.3 is 10.2 Å². The van der Waals surface area contributed by atoms with Crippen LogP contribution in [0.5, 0.6) is 0 Å². The Balaban J connectivity index is 0. The average Bonchev–Trinajstić information content (AvgIpc) is 1.61. The molecule has 0 aliphatic carbocycles. The van der Waals surface area contributed by atoms with E-state index in [2.05, 4.69) is 5.32 Å². The van der Waals surface area contributed by atoms with Gasteiger partial charge >= 0.3 is 5.97 Å². The minimum absolute atomic E-state index is 0. The molecule has 0 fully saturated rings. The first-order chi connectivity index (χ1) is 3.27. The molecular weight excluding hydrogens is 121 g/mol. The van der Waals surface area contributed by atoms with Gasteiger partial charge in [-0.25, -0.2) is 0 Å². The molecule has 0 rings (SSSR count). The van der Waals surface area contributed by atoms with E-state index in [1.165, 1.54) is 0 Å². The number of aliphatic hydroxyl groups excluding tert-OH is 1. The number of rotatable bonds is 3. The molecule has 0 amide bonds. The Morgan fingerprint density at radius 2 is 2.12 bits per heavy atom. The molecule has 0 atom stereocenters. The molecule has 3 N–H and O–H groups in total. The standard InChI is InChI=1S/C3H7NO3.Na/c5-2-4-1-3(6)7;/h4-5H,1-2H2,(H,6,7);. The van der Waals surface area contributed by atoms with Crippen molar-refractivity contribution < 1.29 is 15.0 Å². The van der Waals surface area contributed by atoms with Crippen LogP contribution in [0.25, 0.3) is 0 Å². The Labute approximate surface area is 69.2 Å². The van der Waals surface area contributed by atoms with Crippen LogP contribution in [0.1, 0.15) is 0 Å². The van der Waals surface area contributed by atoms with Crippen molar-refractivity contribution in [1.29, 1.82) is 0 Å². The Hall–Kier alpha value is 0.390. The van der Waals surface area contributed by atoms with Crippen LogP contribution in [0.3, 0.4) is 0 Å². The summed E-state index contributed by atoms with van der Waals surface area (Å²) in [7, 11) is 0. The summed E-state index contributed by atoms with van der Waals surface area (Å²) in [6.07, 6.45) is 0. The van der Waals surface area contributed by atoms with Gasteiger partial charge in [0.15, 0.2) is 0 Å². The van der Waals surface area contributed by atoms with Crippen molar-refractivity contribution >= 4 is 35.5 Å². The molecule has 0 saturated heterocycles. The average molecular weight is 128 g/mol. The van der Waals surface area contributed by atoms with Crippen molar-refractivity contribution in [1.82, 2.24) is 5.32 Å². The van der Waals surface area contributed by atoms with Crippen molar-refractivity contribution in [3.8, 4) is 0 Å². The van der Waals surface area contributed by atoms with Gasteiger partial charge in [-0.1, -0.05) is 0 Å². The Morgan fingerprint density at radius 3 is 2.25 bits per heavy atom. The largest absolute Gasteiger partial charge is 0.480 e. The quantitative estimate of drug-likeness (QED) is 0.311. The zero-order chi connectivity index (χ0) is 5.70. The third-order valence-electron chi connectivity index (χ3n) is 0.388. The molecule has 43 valence electrons. The third-order valence-corrected chi connectivity index (χ3v) is 0.388. The SMILES string of the molecule is O=C(O)CNCO.[Na]. The van der Waals surface area contributed by atoms with E-state index in [9.17, 15) is 4.79 Å². The zero-order valence-electron chi connectivity index (χ0n) is 4.72. The molecule has 0 aromatic rings. The van der Waals surface area contributed by atoms with Crippen LogP contribution in [0, 0.1) is 0 Å². The van der Waals surface area contributed by atoms with E-state index in [4.69, 9.17) is 10.2 Å². The molecule has 5 heteroatoms. The van der Waals surface area contributed by atoms with Crippen LogP contribution in [0.2, 0.25) is 0 Å². The normalized spacial score (nSPS) is 7.62. The minimum Gasteiger partial charge on any atom is -0.480 e. The Morgan fingerprint density at radius 1 is 1.62 bits per heavy atom. The van der Waals surface area contributed by atoms with Crippen LogP contribution in [0.15, 0.2) is 0 Å². The summed E-state index contributed by atoms with van der Waals surface area (Å²) in [6.45, 7) is -0.469. The molecule has 4 nitrogen and oxygen atoms in total. The van der Waals surface area contributed by atoms with Crippen molar-refractivity contribution in [2.45, 2.75) is 0 Å². The topological polar surface area (TPSA) is 69.6 Å². The number of nitrogens with one attached hydrogen (secondary N) is 1. The van der Waals surface area contributed by atoms with Gasteiger partial charge in [-0.3, -0.25) is 10.1 Å². The number of carbonyl (C=O) groups is 1. The Bertz CT molecular complexity index is 67.5. The van der Waals surface area contributed by atoms with Gasteiger partial charge in [0, 0.05) is 29.6 Å². The van der Waals surface area contributed by atoms with E-state index in [0.29, 0.717) is 0 Å². The molecule has 0 spiro atoms. The molecule has 8 heavy (non-hydrogen) atoms. The van der Waals surface area contributed by atoms with Gasteiger partial charge in [0.05, 0.1) is 13.3 Å². The minimum atomic E-state index is -0.964. The van der Waals surface area contributed by atoms with Gasteiger partial charge in [-0.15, -0.1) is 0 Å². The van der Waals surface area contributed by atoms with Gasteiger partial charge in [-0.05, 0) is 0 Å². The predicted molar refractivity (Wildman–Crippen MR) is 28.5 cm³/mol. The van der Waals surface area contributed by atoms with Crippen LogP contribution < -0.4 is 5.32 Å². The van der Waals surface area contributed by atoms with E-state index in [1.54, 1.807) is 0 Å². The Kier molecular flexibility index (Phi) is 10.4. The zero-order valence-corrected chi connectivity index (χ0v) is 6.72. The molecule has 0 aromatic heterocycles. The number of carboxylic acids is 1. The molecular formula is C3H7NNaO3. The molecule has 0 saturated carbocycles. The smallest absolute Gasteiger partial charge is 0.317 e. The molecule has 0 unspecified atom stereocenters. The number of hydrogen-bond acceptors (Lipinski definition) is 3. The summed E-state index contributed by atoms with van der Waals surface area (Å²) in [5.74, 6) is -0.964. The second kappa shape index (κ2) is 7.39. The van der Waals surface area contributed by atoms with Gasteiger partial charge in [-0.2, -0.15) is 0 Å². The first kappa shape index (κ1) is 11.2. The summed E-state index contributed by atoms with van der Waals surface area (Å²) >= 11 is 0. The molecule has 0 heterocycles. The first-order valence-electron chi connectivity index (χ1n) is 1.80. The molecule has 0 bridgehead atoms. The van der Waals surface area contributed by atoms with Crippen molar-refractivity contribution in [2.24, 2.45) is 0 Å². The van der Waals surface area contributed by atoms with E-state index >= 15 is 0 Å². The first-order valence-corrected chi connectivity index (χ1v) is 1.80. The van der Waals surface area contributed by atoms with E-state index in [0.717, 1.165) is 0 Å². The van der Waals surface area contributed by atoms with Crippen LogP contribution in [-0.4, -0.2) is 59.0 Å². The molecule has 0 aliphatic rings. The third kappa shape index (κ3) is 9.63. The second-order valence-electron chi connectivity index (χ2n) is 0.979. The second-order valence-corrected chi connectivity index (χ2v) is 0.979. The maximum absolute atomic E-state index is 9.58. The molecule has 1 radical (unpaired) electrons. The van der Waals surface area contributed by atoms with Crippen LogP contribution in [0.4, 0.5) is 0 Å².